The molecule has 1 aliphatic heterocycles. The summed E-state index contributed by atoms with van der Waals surface area (Å²) >= 11 is 0. The van der Waals surface area contributed by atoms with Crippen molar-refractivity contribution in [2.75, 3.05) is 46.5 Å². The van der Waals surface area contributed by atoms with Crippen LogP contribution in [0.2, 0.25) is 0 Å². The van der Waals surface area contributed by atoms with E-state index in [0.717, 1.165) is 39.5 Å². The Hall–Kier alpha value is -0.160. The van der Waals surface area contributed by atoms with Gasteiger partial charge in [0.15, 0.2) is 0 Å². The Morgan fingerprint density at radius 3 is 2.93 bits per heavy atom. The zero-order valence-electron chi connectivity index (χ0n) is 10.2. The van der Waals surface area contributed by atoms with E-state index in [1.165, 1.54) is 0 Å². The largest absolute Gasteiger partial charge is 0.380 e. The van der Waals surface area contributed by atoms with Gasteiger partial charge in [0.2, 0.25) is 0 Å². The highest BCUT2D eigenvalue weighted by Crippen LogP contribution is 2.09. The average Bonchev–Trinajstić information content (AvgIpc) is 2.30. The van der Waals surface area contributed by atoms with E-state index in [4.69, 9.17) is 9.47 Å². The first-order chi connectivity index (χ1) is 7.31. The molecule has 2 atom stereocenters. The lowest BCUT2D eigenvalue weighted by molar-refractivity contribution is -0.0580. The molecule has 0 amide bonds. The van der Waals surface area contributed by atoms with E-state index in [9.17, 15) is 0 Å². The highest BCUT2D eigenvalue weighted by molar-refractivity contribution is 4.81. The van der Waals surface area contributed by atoms with E-state index in [1.807, 2.05) is 14.0 Å². The Morgan fingerprint density at radius 2 is 2.33 bits per heavy atom. The molecule has 0 aliphatic carbocycles. The first-order valence-electron chi connectivity index (χ1n) is 5.90. The summed E-state index contributed by atoms with van der Waals surface area (Å²) in [7, 11) is 1.97. The van der Waals surface area contributed by atoms with Gasteiger partial charge in [-0.3, -0.25) is 4.90 Å². The molecule has 2 unspecified atom stereocenters. The van der Waals surface area contributed by atoms with Crippen LogP contribution in [0.15, 0.2) is 0 Å². The topological polar surface area (TPSA) is 33.7 Å². The van der Waals surface area contributed by atoms with Gasteiger partial charge in [0.05, 0.1) is 25.4 Å². The second kappa shape index (κ2) is 7.17. The van der Waals surface area contributed by atoms with Gasteiger partial charge in [0.25, 0.3) is 0 Å². The van der Waals surface area contributed by atoms with Gasteiger partial charge in [0.1, 0.15) is 0 Å². The lowest BCUT2D eigenvalue weighted by Crippen LogP contribution is -2.53. The summed E-state index contributed by atoms with van der Waals surface area (Å²) in [6.07, 6.45) is 0.259. The van der Waals surface area contributed by atoms with Crippen LogP contribution in [-0.2, 0) is 9.47 Å². The van der Waals surface area contributed by atoms with Crippen molar-refractivity contribution in [3.05, 3.63) is 0 Å². The number of likely N-dealkylation sites (N-methyl/N-ethyl adjacent to an activating group) is 2. The van der Waals surface area contributed by atoms with E-state index in [2.05, 4.69) is 17.1 Å². The van der Waals surface area contributed by atoms with E-state index in [1.54, 1.807) is 0 Å². The van der Waals surface area contributed by atoms with Crippen LogP contribution >= 0.6 is 0 Å². The third-order valence-corrected chi connectivity index (χ3v) is 2.95. The summed E-state index contributed by atoms with van der Waals surface area (Å²) in [5.74, 6) is 0. The highest BCUT2D eigenvalue weighted by Gasteiger charge is 2.26. The number of rotatable bonds is 6. The van der Waals surface area contributed by atoms with Crippen LogP contribution in [0, 0.1) is 0 Å². The number of hydrogen-bond donors (Lipinski definition) is 1. The second-order valence-electron chi connectivity index (χ2n) is 3.86. The van der Waals surface area contributed by atoms with Crippen LogP contribution in [0.25, 0.3) is 0 Å². The van der Waals surface area contributed by atoms with Gasteiger partial charge in [-0.25, -0.2) is 0 Å². The monoisotopic (exact) mass is 216 g/mol. The first kappa shape index (κ1) is 12.9. The van der Waals surface area contributed by atoms with Gasteiger partial charge in [0, 0.05) is 19.7 Å². The minimum Gasteiger partial charge on any atom is -0.380 e. The number of morpholine rings is 1. The fraction of sp³-hybridized carbons (Fsp3) is 1.00. The third-order valence-electron chi connectivity index (χ3n) is 2.95. The molecule has 0 aromatic rings. The molecule has 1 aliphatic rings. The van der Waals surface area contributed by atoms with Crippen LogP contribution in [0.1, 0.15) is 13.8 Å². The lowest BCUT2D eigenvalue weighted by atomic mass is 10.1. The minimum absolute atomic E-state index is 0.259. The average molecular weight is 216 g/mol. The molecular weight excluding hydrogens is 192 g/mol. The Labute approximate surface area is 92.9 Å². The molecular formula is C11H24N2O2. The quantitative estimate of drug-likeness (QED) is 0.694. The van der Waals surface area contributed by atoms with Gasteiger partial charge in [-0.2, -0.15) is 0 Å². The molecule has 0 saturated carbocycles. The van der Waals surface area contributed by atoms with Crippen molar-refractivity contribution < 1.29 is 9.47 Å². The molecule has 0 spiro atoms. The smallest absolute Gasteiger partial charge is 0.0877 e. The molecule has 4 heteroatoms. The summed E-state index contributed by atoms with van der Waals surface area (Å²) in [6.45, 7) is 9.71. The first-order valence-corrected chi connectivity index (χ1v) is 5.90. The summed E-state index contributed by atoms with van der Waals surface area (Å²) in [5, 5.41) is 3.27. The zero-order valence-corrected chi connectivity index (χ0v) is 10.2. The van der Waals surface area contributed by atoms with Gasteiger partial charge in [-0.05, 0) is 20.5 Å². The van der Waals surface area contributed by atoms with Crippen LogP contribution in [0.4, 0.5) is 0 Å². The molecule has 90 valence electrons. The predicted molar refractivity (Wildman–Crippen MR) is 61.2 cm³/mol. The predicted octanol–water partition coefficient (Wildman–Crippen LogP) is 0.332. The van der Waals surface area contributed by atoms with E-state index >= 15 is 0 Å². The molecule has 1 heterocycles. The van der Waals surface area contributed by atoms with Crippen molar-refractivity contribution in [2.24, 2.45) is 0 Å². The molecule has 0 radical (unpaired) electrons. The van der Waals surface area contributed by atoms with Crippen molar-refractivity contribution in [2.45, 2.75) is 26.0 Å². The molecule has 0 aromatic heterocycles. The Morgan fingerprint density at radius 1 is 1.53 bits per heavy atom. The molecule has 15 heavy (non-hydrogen) atoms. The van der Waals surface area contributed by atoms with Crippen molar-refractivity contribution in [1.82, 2.24) is 10.2 Å². The second-order valence-corrected chi connectivity index (χ2v) is 3.86. The molecule has 1 saturated heterocycles. The molecule has 0 bridgehead atoms. The molecule has 0 aromatic carbocycles. The third kappa shape index (κ3) is 4.07. The fourth-order valence-electron chi connectivity index (χ4n) is 1.88. The van der Waals surface area contributed by atoms with Gasteiger partial charge >= 0.3 is 0 Å². The highest BCUT2D eigenvalue weighted by atomic mass is 16.5. The maximum Gasteiger partial charge on any atom is 0.0877 e. The Kier molecular flexibility index (Phi) is 6.17. The van der Waals surface area contributed by atoms with Crippen LogP contribution in [0.3, 0.4) is 0 Å². The van der Waals surface area contributed by atoms with E-state index in [-0.39, 0.29) is 6.10 Å². The summed E-state index contributed by atoms with van der Waals surface area (Å²) in [6, 6.07) is 0.305. The summed E-state index contributed by atoms with van der Waals surface area (Å²) in [4.78, 5) is 2.42. The fourth-order valence-corrected chi connectivity index (χ4v) is 1.88. The van der Waals surface area contributed by atoms with Gasteiger partial charge in [-0.1, -0.05) is 6.92 Å². The summed E-state index contributed by atoms with van der Waals surface area (Å²) in [5.41, 5.74) is 0. The molecule has 1 N–H and O–H groups in total. The molecule has 1 fully saturated rings. The van der Waals surface area contributed by atoms with Crippen molar-refractivity contribution in [3.63, 3.8) is 0 Å². The lowest BCUT2D eigenvalue weighted by Gasteiger charge is -2.36. The number of ether oxygens (including phenoxy) is 2. The van der Waals surface area contributed by atoms with Crippen molar-refractivity contribution in [1.29, 1.82) is 0 Å². The Bertz CT molecular complexity index is 167. The van der Waals surface area contributed by atoms with Crippen molar-refractivity contribution in [3.8, 4) is 0 Å². The zero-order chi connectivity index (χ0) is 11.1. The van der Waals surface area contributed by atoms with Crippen LogP contribution < -0.4 is 5.32 Å². The van der Waals surface area contributed by atoms with E-state index < -0.39 is 0 Å². The van der Waals surface area contributed by atoms with Gasteiger partial charge < -0.3 is 14.8 Å². The maximum absolute atomic E-state index is 5.78. The van der Waals surface area contributed by atoms with Gasteiger partial charge in [-0.15, -0.1) is 0 Å². The minimum atomic E-state index is 0.259. The summed E-state index contributed by atoms with van der Waals surface area (Å²) < 4.78 is 11.2. The van der Waals surface area contributed by atoms with Crippen LogP contribution in [-0.4, -0.2) is 63.5 Å². The normalized spacial score (nSPS) is 25.4. The number of hydrogen-bond acceptors (Lipinski definition) is 4. The maximum atomic E-state index is 5.78. The SMILES string of the molecule is CCOCC(NC)C1CN(CC)CCO1. The molecule has 1 rings (SSSR count). The number of nitrogens with one attached hydrogen (secondary N) is 1. The molecule has 4 nitrogen and oxygen atoms in total. The van der Waals surface area contributed by atoms with Crippen LogP contribution in [0.5, 0.6) is 0 Å². The van der Waals surface area contributed by atoms with Crippen molar-refractivity contribution >= 4 is 0 Å². The standard InChI is InChI=1S/C11H24N2O2/c1-4-13-6-7-15-11(8-13)10(12-3)9-14-5-2/h10-12H,4-9H2,1-3H3. The van der Waals surface area contributed by atoms with E-state index in [0.29, 0.717) is 6.04 Å². The Balaban J connectivity index is 2.37. The number of nitrogens with zero attached hydrogens (tertiary/aromatic N) is 1.